The van der Waals surface area contributed by atoms with Crippen molar-refractivity contribution in [2.24, 2.45) is 4.99 Å². The number of benzene rings is 1. The minimum atomic E-state index is 0.622. The summed E-state index contributed by atoms with van der Waals surface area (Å²) < 4.78 is 0. The number of rotatable bonds is 6. The third-order valence-corrected chi connectivity index (χ3v) is 4.27. The van der Waals surface area contributed by atoms with Gasteiger partial charge >= 0.3 is 0 Å². The average Bonchev–Trinajstić information content (AvgIpc) is 2.89. The van der Waals surface area contributed by atoms with Crippen LogP contribution in [0.3, 0.4) is 0 Å². The molecule has 0 atom stereocenters. The van der Waals surface area contributed by atoms with Gasteiger partial charge in [-0.3, -0.25) is 0 Å². The Morgan fingerprint density at radius 1 is 1.13 bits per heavy atom. The number of aromatic nitrogens is 1. The van der Waals surface area contributed by atoms with Crippen LogP contribution in [0.5, 0.6) is 0 Å². The summed E-state index contributed by atoms with van der Waals surface area (Å²) in [6.07, 6.45) is 2.89. The van der Waals surface area contributed by atoms with E-state index < -0.39 is 0 Å². The molecule has 2 N–H and O–H groups in total. The van der Waals surface area contributed by atoms with Gasteiger partial charge in [0.1, 0.15) is 5.01 Å². The maximum atomic E-state index is 4.61. The van der Waals surface area contributed by atoms with Crippen LogP contribution in [0, 0.1) is 20.8 Å². The van der Waals surface area contributed by atoms with E-state index in [9.17, 15) is 0 Å². The van der Waals surface area contributed by atoms with Gasteiger partial charge < -0.3 is 10.6 Å². The Hall–Kier alpha value is -1.88. The highest BCUT2D eigenvalue weighted by Gasteiger charge is 2.01. The summed E-state index contributed by atoms with van der Waals surface area (Å²) in [4.78, 5) is 10.2. The molecule has 0 aliphatic carbocycles. The van der Waals surface area contributed by atoms with Gasteiger partial charge in [-0.2, -0.15) is 0 Å². The second-order valence-corrected chi connectivity index (χ2v) is 7.05. The molecule has 0 spiro atoms. The maximum Gasteiger partial charge on any atom is 0.191 e. The van der Waals surface area contributed by atoms with Crippen LogP contribution in [0.2, 0.25) is 0 Å². The average molecular weight is 331 g/mol. The number of aryl methyl sites for hydroxylation is 3. The molecule has 4 nitrogen and oxygen atoms in total. The zero-order chi connectivity index (χ0) is 16.7. The summed E-state index contributed by atoms with van der Waals surface area (Å²) >= 11 is 1.70. The van der Waals surface area contributed by atoms with Crippen LogP contribution in [0.1, 0.15) is 33.5 Å². The van der Waals surface area contributed by atoms with Crippen molar-refractivity contribution < 1.29 is 0 Å². The van der Waals surface area contributed by atoms with E-state index in [1.54, 1.807) is 11.3 Å². The van der Waals surface area contributed by atoms with Crippen LogP contribution < -0.4 is 10.6 Å². The van der Waals surface area contributed by atoms with Gasteiger partial charge in [0.15, 0.2) is 5.96 Å². The molecule has 0 fully saturated rings. The van der Waals surface area contributed by atoms with E-state index in [1.165, 1.54) is 21.6 Å². The molecule has 1 aromatic carbocycles. The molecule has 0 amide bonds. The first kappa shape index (κ1) is 17.5. The predicted octanol–water partition coefficient (Wildman–Crippen LogP) is 3.37. The van der Waals surface area contributed by atoms with Gasteiger partial charge in [-0.05, 0) is 39.7 Å². The highest BCUT2D eigenvalue weighted by Crippen LogP contribution is 2.12. The molecule has 1 aromatic heterocycles. The van der Waals surface area contributed by atoms with Gasteiger partial charge in [0.2, 0.25) is 0 Å². The number of guanidine groups is 1. The summed E-state index contributed by atoms with van der Waals surface area (Å²) in [7, 11) is 0. The Morgan fingerprint density at radius 3 is 2.48 bits per heavy atom. The monoisotopic (exact) mass is 330 g/mol. The lowest BCUT2D eigenvalue weighted by Gasteiger charge is -2.11. The van der Waals surface area contributed by atoms with Gasteiger partial charge in [0.25, 0.3) is 0 Å². The van der Waals surface area contributed by atoms with Crippen LogP contribution in [-0.2, 0) is 13.0 Å². The Balaban J connectivity index is 1.88. The second-order valence-electron chi connectivity index (χ2n) is 5.73. The van der Waals surface area contributed by atoms with Crippen molar-refractivity contribution in [2.45, 2.75) is 40.7 Å². The minimum absolute atomic E-state index is 0.622. The lowest BCUT2D eigenvalue weighted by molar-refractivity contribution is 0.798. The zero-order valence-electron chi connectivity index (χ0n) is 14.4. The summed E-state index contributed by atoms with van der Waals surface area (Å²) in [5, 5.41) is 7.74. The van der Waals surface area contributed by atoms with Crippen molar-refractivity contribution in [3.8, 4) is 0 Å². The normalized spacial score (nSPS) is 11.6. The highest BCUT2D eigenvalue weighted by atomic mass is 32.1. The van der Waals surface area contributed by atoms with Gasteiger partial charge in [0, 0.05) is 24.2 Å². The molecular weight excluding hydrogens is 304 g/mol. The van der Waals surface area contributed by atoms with E-state index in [0.717, 1.165) is 30.5 Å². The quantitative estimate of drug-likeness (QED) is 0.631. The predicted molar refractivity (Wildman–Crippen MR) is 99.3 cm³/mol. The second kappa shape index (κ2) is 8.67. The molecule has 0 aliphatic heterocycles. The number of thiazole rings is 1. The topological polar surface area (TPSA) is 49.3 Å². The summed E-state index contributed by atoms with van der Waals surface area (Å²) in [5.74, 6) is 0.852. The molecule has 2 aromatic rings. The molecular formula is C18H26N4S. The third-order valence-electron chi connectivity index (χ3n) is 3.37. The number of hydrogen-bond acceptors (Lipinski definition) is 3. The zero-order valence-corrected chi connectivity index (χ0v) is 15.3. The number of hydrogen-bond donors (Lipinski definition) is 2. The van der Waals surface area contributed by atoms with Crippen LogP contribution in [-0.4, -0.2) is 24.0 Å². The minimum Gasteiger partial charge on any atom is -0.357 e. The van der Waals surface area contributed by atoms with Gasteiger partial charge in [-0.25, -0.2) is 9.98 Å². The van der Waals surface area contributed by atoms with E-state index in [0.29, 0.717) is 6.54 Å². The highest BCUT2D eigenvalue weighted by molar-refractivity contribution is 7.11. The Labute approximate surface area is 143 Å². The first-order valence-corrected chi connectivity index (χ1v) is 8.89. The first-order valence-electron chi connectivity index (χ1n) is 8.07. The Kier molecular flexibility index (Phi) is 6.59. The molecule has 2 rings (SSSR count). The van der Waals surface area contributed by atoms with Crippen molar-refractivity contribution in [1.82, 2.24) is 15.6 Å². The molecule has 0 bridgehead atoms. The van der Waals surface area contributed by atoms with Crippen molar-refractivity contribution in [1.29, 1.82) is 0 Å². The molecule has 0 unspecified atom stereocenters. The van der Waals surface area contributed by atoms with Crippen LogP contribution in [0.15, 0.2) is 29.4 Å². The molecule has 0 saturated carbocycles. The van der Waals surface area contributed by atoms with Crippen LogP contribution >= 0.6 is 11.3 Å². The standard InChI is InChI=1S/C18H26N4S/c1-5-19-18(22-12-17-21-11-15(4)23-17)20-7-6-16-9-13(2)8-14(3)10-16/h8-11H,5-7,12H2,1-4H3,(H2,19,20,22). The van der Waals surface area contributed by atoms with Crippen molar-refractivity contribution in [3.63, 3.8) is 0 Å². The van der Waals surface area contributed by atoms with Gasteiger partial charge in [-0.1, -0.05) is 29.3 Å². The summed E-state index contributed by atoms with van der Waals surface area (Å²) in [6.45, 7) is 10.8. The van der Waals surface area contributed by atoms with E-state index in [4.69, 9.17) is 0 Å². The fraction of sp³-hybridized carbons (Fsp3) is 0.444. The van der Waals surface area contributed by atoms with Crippen molar-refractivity contribution >= 4 is 17.3 Å². The fourth-order valence-electron chi connectivity index (χ4n) is 2.50. The molecule has 0 saturated heterocycles. The molecule has 23 heavy (non-hydrogen) atoms. The molecule has 1 heterocycles. The summed E-state index contributed by atoms with van der Waals surface area (Å²) in [5.41, 5.74) is 4.00. The Bertz CT molecular complexity index is 641. The van der Waals surface area contributed by atoms with Gasteiger partial charge in [0.05, 0.1) is 6.54 Å². The van der Waals surface area contributed by atoms with Crippen molar-refractivity contribution in [2.75, 3.05) is 13.1 Å². The van der Waals surface area contributed by atoms with E-state index in [2.05, 4.69) is 66.5 Å². The lowest BCUT2D eigenvalue weighted by atomic mass is 10.1. The molecule has 0 aliphatic rings. The lowest BCUT2D eigenvalue weighted by Crippen LogP contribution is -2.38. The first-order chi connectivity index (χ1) is 11.1. The smallest absolute Gasteiger partial charge is 0.191 e. The SMILES string of the molecule is CCNC(=NCc1ncc(C)s1)NCCc1cc(C)cc(C)c1. The number of nitrogens with zero attached hydrogens (tertiary/aromatic N) is 2. The number of nitrogens with one attached hydrogen (secondary N) is 2. The summed E-state index contributed by atoms with van der Waals surface area (Å²) in [6, 6.07) is 6.70. The van der Waals surface area contributed by atoms with E-state index in [-0.39, 0.29) is 0 Å². The Morgan fingerprint density at radius 2 is 1.87 bits per heavy atom. The maximum absolute atomic E-state index is 4.61. The van der Waals surface area contributed by atoms with Crippen LogP contribution in [0.4, 0.5) is 0 Å². The molecule has 5 heteroatoms. The largest absolute Gasteiger partial charge is 0.357 e. The molecule has 124 valence electrons. The van der Waals surface area contributed by atoms with E-state index >= 15 is 0 Å². The fourth-order valence-corrected chi connectivity index (χ4v) is 3.21. The van der Waals surface area contributed by atoms with Crippen LogP contribution in [0.25, 0.3) is 0 Å². The third kappa shape index (κ3) is 6.02. The number of aliphatic imine (C=N–C) groups is 1. The van der Waals surface area contributed by atoms with E-state index in [1.807, 2.05) is 6.20 Å². The van der Waals surface area contributed by atoms with Gasteiger partial charge in [-0.15, -0.1) is 11.3 Å². The van der Waals surface area contributed by atoms with Crippen molar-refractivity contribution in [3.05, 3.63) is 51.0 Å². The molecule has 0 radical (unpaired) electrons.